The van der Waals surface area contributed by atoms with Crippen molar-refractivity contribution >= 4 is 0 Å². The Morgan fingerprint density at radius 2 is 1.80 bits per heavy atom. The maximum Gasteiger partial charge on any atom is 0.393 e. The topological polar surface area (TPSA) is 23.1 Å². The molecule has 0 bridgehead atoms. The number of likely N-dealkylation sites (tertiary alicyclic amines) is 1. The lowest BCUT2D eigenvalue weighted by atomic mass is 10.4. The summed E-state index contributed by atoms with van der Waals surface area (Å²) in [5.41, 5.74) is 0. The van der Waals surface area contributed by atoms with Crippen LogP contribution < -0.4 is 0 Å². The third-order valence-electron chi connectivity index (χ3n) is 1.61. The fourth-order valence-electron chi connectivity index (χ4n) is 1.20. The van der Waals surface area contributed by atoms with Gasteiger partial charge in [0.25, 0.3) is 0 Å². The van der Waals surface area contributed by atoms with E-state index < -0.39 is 12.7 Å². The van der Waals surface area contributed by atoms with Gasteiger partial charge in [-0.25, -0.2) is 0 Å². The molecule has 0 aliphatic carbocycles. The molecule has 1 rings (SSSR count). The van der Waals surface area contributed by atoms with Crippen LogP contribution in [0, 0.1) is 0 Å². The zero-order chi connectivity index (χ0) is 7.61. The Morgan fingerprint density at radius 3 is 2.20 bits per heavy atom. The average Bonchev–Trinajstić information content (AvgIpc) is 2.12. The van der Waals surface area contributed by atoms with Crippen LogP contribution in [0.3, 0.4) is 0 Å². The summed E-state index contributed by atoms with van der Waals surface area (Å²) in [5.74, 6) is 0. The van der Waals surface area contributed by atoms with Gasteiger partial charge in [0.2, 0.25) is 0 Å². The first-order valence-corrected chi connectivity index (χ1v) is 3.38. The van der Waals surface area contributed by atoms with Gasteiger partial charge >= 0.3 is 6.11 Å². The van der Waals surface area contributed by atoms with Crippen molar-refractivity contribution in [1.29, 1.82) is 0 Å². The number of nitrogens with zero attached hydrogens (tertiary/aromatic N) is 1. The van der Waals surface area contributed by atoms with Crippen molar-refractivity contribution < 1.29 is 13.9 Å². The minimum absolute atomic E-state index is 0.618. The second-order valence-electron chi connectivity index (χ2n) is 2.62. The highest BCUT2D eigenvalue weighted by molar-refractivity contribution is 4.68. The molecule has 4 heteroatoms. The van der Waals surface area contributed by atoms with Crippen LogP contribution in [0.15, 0.2) is 0 Å². The molecule has 1 saturated heterocycles. The van der Waals surface area contributed by atoms with Crippen LogP contribution in [0.25, 0.3) is 0 Å². The zero-order valence-electron chi connectivity index (χ0n) is 5.65. The molecule has 0 unspecified atom stereocenters. The summed E-state index contributed by atoms with van der Waals surface area (Å²) in [6.07, 6.45) is -1.88. The minimum atomic E-state index is -3.76. The number of alkyl halides is 2. The Labute approximate surface area is 58.4 Å². The summed E-state index contributed by atoms with van der Waals surface area (Å²) < 4.78 is 23.6. The van der Waals surface area contributed by atoms with E-state index in [0.717, 1.165) is 12.8 Å². The van der Waals surface area contributed by atoms with Gasteiger partial charge in [-0.3, -0.25) is 4.90 Å². The second-order valence-corrected chi connectivity index (χ2v) is 2.62. The number of rotatable bonds is 2. The Kier molecular flexibility index (Phi) is 2.21. The van der Waals surface area contributed by atoms with Crippen molar-refractivity contribution in [2.75, 3.05) is 19.6 Å². The molecule has 0 atom stereocenters. The molecule has 59 valence electrons. The van der Waals surface area contributed by atoms with Crippen LogP contribution in [0.2, 0.25) is 0 Å². The molecule has 1 heterocycles. The Bertz CT molecular complexity index is 107. The predicted octanol–water partition coefficient (Wildman–Crippen LogP) is 1.11. The van der Waals surface area contributed by atoms with Crippen molar-refractivity contribution in [3.8, 4) is 0 Å². The fourth-order valence-corrected chi connectivity index (χ4v) is 1.20. The van der Waals surface area contributed by atoms with Crippen LogP contribution in [0.1, 0.15) is 12.8 Å². The normalized spacial score (nSPS) is 21.9. The Morgan fingerprint density at radius 1 is 1.30 bits per heavy atom. The van der Waals surface area contributed by atoms with Gasteiger partial charge in [-0.05, 0) is 25.9 Å². The standard InChI is InChI=1S/C6H10F2NO/c7-6(8,10)5-9-3-1-2-4-9/h1-5H2. The molecule has 0 aromatic rings. The van der Waals surface area contributed by atoms with Gasteiger partial charge in [0.15, 0.2) is 0 Å². The van der Waals surface area contributed by atoms with Gasteiger partial charge in [0, 0.05) is 0 Å². The first kappa shape index (κ1) is 7.88. The maximum atomic E-state index is 11.8. The third-order valence-corrected chi connectivity index (χ3v) is 1.61. The smallest absolute Gasteiger partial charge is 0.295 e. The van der Waals surface area contributed by atoms with Crippen molar-refractivity contribution in [1.82, 2.24) is 4.90 Å². The largest absolute Gasteiger partial charge is 0.393 e. The van der Waals surface area contributed by atoms with Gasteiger partial charge in [-0.2, -0.15) is 13.9 Å². The molecule has 1 aliphatic heterocycles. The Hall–Kier alpha value is -0.220. The summed E-state index contributed by atoms with van der Waals surface area (Å²) in [7, 11) is 0. The molecular formula is C6H10F2NO. The van der Waals surface area contributed by atoms with Crippen molar-refractivity contribution in [2.45, 2.75) is 19.0 Å². The third kappa shape index (κ3) is 2.58. The molecule has 0 aromatic carbocycles. The highest BCUT2D eigenvalue weighted by Crippen LogP contribution is 2.15. The van der Waals surface area contributed by atoms with E-state index in [0.29, 0.717) is 13.1 Å². The van der Waals surface area contributed by atoms with E-state index in [1.165, 1.54) is 4.90 Å². The molecule has 0 saturated carbocycles. The number of hydrogen-bond acceptors (Lipinski definition) is 1. The molecule has 0 N–H and O–H groups in total. The van der Waals surface area contributed by atoms with Crippen molar-refractivity contribution in [2.24, 2.45) is 0 Å². The number of halogens is 2. The van der Waals surface area contributed by atoms with Crippen molar-refractivity contribution in [3.63, 3.8) is 0 Å². The zero-order valence-corrected chi connectivity index (χ0v) is 5.65. The lowest BCUT2D eigenvalue weighted by molar-refractivity contribution is -0.248. The monoisotopic (exact) mass is 150 g/mol. The molecular weight excluding hydrogens is 140 g/mol. The first-order valence-electron chi connectivity index (χ1n) is 3.38. The molecule has 1 aliphatic rings. The van der Waals surface area contributed by atoms with Crippen LogP contribution >= 0.6 is 0 Å². The highest BCUT2D eigenvalue weighted by Gasteiger charge is 2.31. The second kappa shape index (κ2) is 2.80. The van der Waals surface area contributed by atoms with E-state index in [9.17, 15) is 13.9 Å². The quantitative estimate of drug-likeness (QED) is 0.578. The van der Waals surface area contributed by atoms with E-state index in [-0.39, 0.29) is 0 Å². The fraction of sp³-hybridized carbons (Fsp3) is 1.00. The molecule has 2 nitrogen and oxygen atoms in total. The van der Waals surface area contributed by atoms with Crippen LogP contribution in [-0.2, 0) is 5.11 Å². The van der Waals surface area contributed by atoms with Gasteiger partial charge in [-0.1, -0.05) is 0 Å². The summed E-state index contributed by atoms with van der Waals surface area (Å²) >= 11 is 0. The molecule has 10 heavy (non-hydrogen) atoms. The average molecular weight is 150 g/mol. The SMILES string of the molecule is [O]C(F)(F)CN1CCCC1. The molecule has 1 fully saturated rings. The highest BCUT2D eigenvalue weighted by atomic mass is 19.3. The summed E-state index contributed by atoms with van der Waals surface area (Å²) in [4.78, 5) is 1.51. The summed E-state index contributed by atoms with van der Waals surface area (Å²) in [6.45, 7) is 0.683. The molecule has 0 amide bonds. The van der Waals surface area contributed by atoms with Gasteiger partial charge < -0.3 is 0 Å². The van der Waals surface area contributed by atoms with Crippen LogP contribution in [0.5, 0.6) is 0 Å². The van der Waals surface area contributed by atoms with E-state index in [4.69, 9.17) is 0 Å². The van der Waals surface area contributed by atoms with Gasteiger partial charge in [-0.15, -0.1) is 0 Å². The van der Waals surface area contributed by atoms with E-state index in [2.05, 4.69) is 0 Å². The summed E-state index contributed by atoms with van der Waals surface area (Å²) in [5, 5.41) is 9.88. The van der Waals surface area contributed by atoms with E-state index in [1.807, 2.05) is 0 Å². The lowest BCUT2D eigenvalue weighted by Crippen LogP contribution is -2.33. The van der Waals surface area contributed by atoms with Gasteiger partial charge in [0.05, 0.1) is 6.54 Å². The maximum absolute atomic E-state index is 11.8. The van der Waals surface area contributed by atoms with Crippen LogP contribution in [0.4, 0.5) is 8.78 Å². The molecule has 0 spiro atoms. The lowest BCUT2D eigenvalue weighted by Gasteiger charge is -2.16. The molecule has 1 radical (unpaired) electrons. The Balaban J connectivity index is 2.24. The van der Waals surface area contributed by atoms with Crippen LogP contribution in [-0.4, -0.2) is 30.6 Å². The van der Waals surface area contributed by atoms with E-state index in [1.54, 1.807) is 0 Å². The predicted molar refractivity (Wildman–Crippen MR) is 31.3 cm³/mol. The molecule has 0 aromatic heterocycles. The minimum Gasteiger partial charge on any atom is -0.295 e. The van der Waals surface area contributed by atoms with E-state index >= 15 is 0 Å². The van der Waals surface area contributed by atoms with Gasteiger partial charge in [0.1, 0.15) is 0 Å². The van der Waals surface area contributed by atoms with Crippen molar-refractivity contribution in [3.05, 3.63) is 0 Å². The first-order chi connectivity index (χ1) is 4.58. The number of hydrogen-bond donors (Lipinski definition) is 0. The summed E-state index contributed by atoms with van der Waals surface area (Å²) in [6, 6.07) is 0.